The van der Waals surface area contributed by atoms with Crippen LogP contribution in [0.2, 0.25) is 0 Å². The molecule has 3 aromatic heterocycles. The van der Waals surface area contributed by atoms with Gasteiger partial charge in [0.25, 0.3) is 5.69 Å². The van der Waals surface area contributed by atoms with Gasteiger partial charge in [0.1, 0.15) is 17.0 Å². The van der Waals surface area contributed by atoms with Crippen molar-refractivity contribution in [2.24, 2.45) is 0 Å². The summed E-state index contributed by atoms with van der Waals surface area (Å²) < 4.78 is 0. The van der Waals surface area contributed by atoms with Crippen LogP contribution in [0, 0.1) is 10.1 Å². The number of non-ortho nitro benzene ring substituents is 1. The predicted octanol–water partition coefficient (Wildman–Crippen LogP) is 5.40. The third kappa shape index (κ3) is 3.27. The maximum atomic E-state index is 11.2. The molecular weight excluding hydrogens is 398 g/mol. The minimum atomic E-state index is -0.380. The molecule has 0 aliphatic carbocycles. The molecule has 0 aliphatic heterocycles. The maximum Gasteiger partial charge on any atom is 0.270 e. The summed E-state index contributed by atoms with van der Waals surface area (Å²) in [7, 11) is 0. The zero-order valence-corrected chi connectivity index (χ0v) is 16.6. The predicted molar refractivity (Wildman–Crippen MR) is 120 cm³/mol. The van der Waals surface area contributed by atoms with Gasteiger partial charge in [-0.1, -0.05) is 30.3 Å². The molecule has 2 aromatic carbocycles. The molecule has 0 aliphatic rings. The zero-order chi connectivity index (χ0) is 20.5. The highest BCUT2D eigenvalue weighted by atomic mass is 32.1. The molecule has 8 heteroatoms. The number of anilines is 1. The Hall–Kier alpha value is -3.78. The Morgan fingerprint density at radius 3 is 2.93 bits per heavy atom. The van der Waals surface area contributed by atoms with Crippen molar-refractivity contribution in [3.05, 3.63) is 82.1 Å². The fourth-order valence-electron chi connectivity index (χ4n) is 3.66. The van der Waals surface area contributed by atoms with Gasteiger partial charge < -0.3 is 10.3 Å². The first-order valence-electron chi connectivity index (χ1n) is 9.46. The van der Waals surface area contributed by atoms with Gasteiger partial charge >= 0.3 is 0 Å². The molecule has 7 nitrogen and oxygen atoms in total. The van der Waals surface area contributed by atoms with E-state index in [9.17, 15) is 10.1 Å². The average Bonchev–Trinajstić information content (AvgIpc) is 3.39. The van der Waals surface area contributed by atoms with Gasteiger partial charge in [0.05, 0.1) is 10.3 Å². The molecule has 148 valence electrons. The number of hydrogen-bond acceptors (Lipinski definition) is 6. The van der Waals surface area contributed by atoms with Crippen LogP contribution in [0.4, 0.5) is 11.5 Å². The van der Waals surface area contributed by atoms with E-state index in [1.165, 1.54) is 28.4 Å². The minimum absolute atomic E-state index is 0.0672. The monoisotopic (exact) mass is 415 g/mol. The summed E-state index contributed by atoms with van der Waals surface area (Å²) in [5.41, 5.74) is 4.12. The largest absolute Gasteiger partial charge is 0.369 e. The van der Waals surface area contributed by atoms with Gasteiger partial charge in [-0.2, -0.15) is 0 Å². The molecule has 0 unspecified atom stereocenters. The Labute approximate surface area is 175 Å². The van der Waals surface area contributed by atoms with Crippen LogP contribution < -0.4 is 5.32 Å². The second-order valence-electron chi connectivity index (χ2n) is 6.90. The first-order valence-corrected chi connectivity index (χ1v) is 10.3. The maximum absolute atomic E-state index is 11.2. The standard InChI is InChI=1S/C22H17N5O2S/c28-27(29)16-5-3-4-14(10-16)18-12-30-22-20(18)21(25-13-26-22)23-9-8-15-11-24-19-7-2-1-6-17(15)19/h1-7,10-13,24H,8-9H2,(H,23,25,26). The molecule has 0 radical (unpaired) electrons. The lowest BCUT2D eigenvalue weighted by molar-refractivity contribution is -0.384. The fraction of sp³-hybridized carbons (Fsp3) is 0.0909. The van der Waals surface area contributed by atoms with Crippen molar-refractivity contribution in [3.63, 3.8) is 0 Å². The summed E-state index contributed by atoms with van der Waals surface area (Å²) in [5, 5.41) is 18.7. The van der Waals surface area contributed by atoms with Crippen molar-refractivity contribution in [3.8, 4) is 11.1 Å². The van der Waals surface area contributed by atoms with Gasteiger partial charge in [-0.25, -0.2) is 9.97 Å². The number of H-pyrrole nitrogens is 1. The van der Waals surface area contributed by atoms with Crippen LogP contribution in [0.1, 0.15) is 5.56 Å². The van der Waals surface area contributed by atoms with E-state index in [1.54, 1.807) is 18.5 Å². The highest BCUT2D eigenvalue weighted by molar-refractivity contribution is 7.17. The lowest BCUT2D eigenvalue weighted by Crippen LogP contribution is -2.06. The first-order chi connectivity index (χ1) is 14.7. The normalized spacial score (nSPS) is 11.2. The third-order valence-electron chi connectivity index (χ3n) is 5.10. The fourth-order valence-corrected chi connectivity index (χ4v) is 4.58. The third-order valence-corrected chi connectivity index (χ3v) is 5.99. The average molecular weight is 415 g/mol. The molecule has 0 amide bonds. The SMILES string of the molecule is O=[N+]([O-])c1cccc(-c2csc3ncnc(NCCc4c[nH]c5ccccc45)c23)c1. The van der Waals surface area contributed by atoms with Crippen LogP contribution in [-0.2, 0) is 6.42 Å². The van der Waals surface area contributed by atoms with E-state index < -0.39 is 0 Å². The first kappa shape index (κ1) is 18.3. The number of nitrogens with one attached hydrogen (secondary N) is 2. The lowest BCUT2D eigenvalue weighted by atomic mass is 10.1. The van der Waals surface area contributed by atoms with Gasteiger partial charge in [-0.15, -0.1) is 11.3 Å². The minimum Gasteiger partial charge on any atom is -0.369 e. The van der Waals surface area contributed by atoms with E-state index in [2.05, 4.69) is 32.4 Å². The number of fused-ring (bicyclic) bond motifs is 2. The molecule has 5 rings (SSSR count). The van der Waals surface area contributed by atoms with Gasteiger partial charge in [0.15, 0.2) is 0 Å². The van der Waals surface area contributed by atoms with E-state index >= 15 is 0 Å². The van der Waals surface area contributed by atoms with Crippen LogP contribution in [0.5, 0.6) is 0 Å². The summed E-state index contributed by atoms with van der Waals surface area (Å²) in [4.78, 5) is 23.8. The van der Waals surface area contributed by atoms with Gasteiger partial charge in [0, 0.05) is 46.7 Å². The molecule has 5 aromatic rings. The van der Waals surface area contributed by atoms with E-state index in [0.29, 0.717) is 6.54 Å². The highest BCUT2D eigenvalue weighted by Gasteiger charge is 2.15. The van der Waals surface area contributed by atoms with E-state index in [4.69, 9.17) is 0 Å². The summed E-state index contributed by atoms with van der Waals surface area (Å²) in [5.74, 6) is 0.739. The number of hydrogen-bond donors (Lipinski definition) is 2. The van der Waals surface area contributed by atoms with E-state index in [0.717, 1.165) is 39.1 Å². The molecular formula is C22H17N5O2S. The van der Waals surface area contributed by atoms with Crippen molar-refractivity contribution >= 4 is 44.0 Å². The Bertz CT molecular complexity index is 1370. The molecule has 2 N–H and O–H groups in total. The second kappa shape index (κ2) is 7.57. The molecule has 0 bridgehead atoms. The van der Waals surface area contributed by atoms with Crippen LogP contribution in [0.15, 0.2) is 66.4 Å². The Morgan fingerprint density at radius 2 is 2.03 bits per heavy atom. The number of benzene rings is 2. The van der Waals surface area contributed by atoms with Crippen molar-refractivity contribution in [1.29, 1.82) is 0 Å². The smallest absolute Gasteiger partial charge is 0.270 e. The summed E-state index contributed by atoms with van der Waals surface area (Å²) in [6.45, 7) is 0.707. The molecule has 30 heavy (non-hydrogen) atoms. The molecule has 0 atom stereocenters. The number of nitrogens with zero attached hydrogens (tertiary/aromatic N) is 3. The number of nitro benzene ring substituents is 1. The number of nitro groups is 1. The highest BCUT2D eigenvalue weighted by Crippen LogP contribution is 2.37. The Morgan fingerprint density at radius 1 is 1.13 bits per heavy atom. The topological polar surface area (TPSA) is 96.7 Å². The van der Waals surface area contributed by atoms with Crippen LogP contribution in [-0.4, -0.2) is 26.4 Å². The number of para-hydroxylation sites is 1. The van der Waals surface area contributed by atoms with Crippen molar-refractivity contribution in [2.75, 3.05) is 11.9 Å². The summed E-state index contributed by atoms with van der Waals surface area (Å²) in [6.07, 6.45) is 4.43. The Balaban J connectivity index is 1.44. The van der Waals surface area contributed by atoms with Gasteiger partial charge in [-0.05, 0) is 23.6 Å². The second-order valence-corrected chi connectivity index (χ2v) is 7.75. The van der Waals surface area contributed by atoms with Gasteiger partial charge in [-0.3, -0.25) is 10.1 Å². The molecule has 0 spiro atoms. The zero-order valence-electron chi connectivity index (χ0n) is 15.8. The summed E-state index contributed by atoms with van der Waals surface area (Å²) >= 11 is 1.50. The summed E-state index contributed by atoms with van der Waals surface area (Å²) in [6, 6.07) is 14.9. The van der Waals surface area contributed by atoms with Crippen LogP contribution in [0.25, 0.3) is 32.2 Å². The van der Waals surface area contributed by atoms with Crippen molar-refractivity contribution in [2.45, 2.75) is 6.42 Å². The Kier molecular flexibility index (Phi) is 4.61. The van der Waals surface area contributed by atoms with E-state index in [1.807, 2.05) is 29.8 Å². The molecule has 3 heterocycles. The van der Waals surface area contributed by atoms with Gasteiger partial charge in [0.2, 0.25) is 0 Å². The molecule has 0 fully saturated rings. The quantitative estimate of drug-likeness (QED) is 0.286. The van der Waals surface area contributed by atoms with Crippen LogP contribution >= 0.6 is 11.3 Å². The number of aromatic nitrogens is 3. The van der Waals surface area contributed by atoms with Crippen molar-refractivity contribution in [1.82, 2.24) is 15.0 Å². The molecule has 0 saturated carbocycles. The van der Waals surface area contributed by atoms with Crippen molar-refractivity contribution < 1.29 is 4.92 Å². The van der Waals surface area contributed by atoms with E-state index in [-0.39, 0.29) is 10.6 Å². The number of aromatic amines is 1. The lowest BCUT2D eigenvalue weighted by Gasteiger charge is -2.08. The number of thiophene rings is 1. The molecule has 0 saturated heterocycles. The van der Waals surface area contributed by atoms with Crippen LogP contribution in [0.3, 0.4) is 0 Å². The number of rotatable bonds is 6.